The number of rotatable bonds is 8. The number of hydrogen-bond donors (Lipinski definition) is 1. The Bertz CT molecular complexity index is 339. The molecule has 1 aromatic heterocycles. The van der Waals surface area contributed by atoms with E-state index in [9.17, 15) is 0 Å². The number of unbranched alkanes of at least 4 members (excludes halogenated alkanes) is 1. The maximum atomic E-state index is 6.19. The molecule has 1 heterocycles. The van der Waals surface area contributed by atoms with Crippen LogP contribution in [0.25, 0.3) is 0 Å². The molecule has 1 rings (SSSR count). The Morgan fingerprint density at radius 3 is 3.06 bits per heavy atom. The highest BCUT2D eigenvalue weighted by Gasteiger charge is 2.13. The van der Waals surface area contributed by atoms with Gasteiger partial charge in [-0.15, -0.1) is 6.58 Å². The van der Waals surface area contributed by atoms with Crippen LogP contribution in [0.4, 0.5) is 0 Å². The molecule has 0 fully saturated rings. The molecule has 0 aliphatic rings. The van der Waals surface area contributed by atoms with Gasteiger partial charge in [-0.1, -0.05) is 24.6 Å². The van der Waals surface area contributed by atoms with Crippen LogP contribution in [0.1, 0.15) is 44.2 Å². The number of aromatic nitrogens is 1. The second-order valence-corrected chi connectivity index (χ2v) is 4.53. The average molecular weight is 253 g/mol. The van der Waals surface area contributed by atoms with Gasteiger partial charge in [0.25, 0.3) is 0 Å². The Morgan fingerprint density at radius 2 is 2.41 bits per heavy atom. The second kappa shape index (κ2) is 8.26. The number of nitrogens with one attached hydrogen (secondary N) is 1. The first-order chi connectivity index (χ1) is 8.29. The van der Waals surface area contributed by atoms with E-state index in [2.05, 4.69) is 23.8 Å². The summed E-state index contributed by atoms with van der Waals surface area (Å²) in [6.45, 7) is 6.93. The third-order valence-electron chi connectivity index (χ3n) is 2.72. The predicted octanol–water partition coefficient (Wildman–Crippen LogP) is 4.13. The summed E-state index contributed by atoms with van der Waals surface area (Å²) in [5.41, 5.74) is 1.15. The van der Waals surface area contributed by atoms with Crippen LogP contribution in [-0.2, 0) is 0 Å². The molecule has 94 valence electrons. The summed E-state index contributed by atoms with van der Waals surface area (Å²) in [4.78, 5) is 4.03. The van der Waals surface area contributed by atoms with Gasteiger partial charge in [-0.25, -0.2) is 0 Å². The largest absolute Gasteiger partial charge is 0.310 e. The average Bonchev–Trinajstić information content (AvgIpc) is 2.35. The van der Waals surface area contributed by atoms with E-state index in [4.69, 9.17) is 11.6 Å². The number of pyridine rings is 1. The zero-order valence-electron chi connectivity index (χ0n) is 10.5. The lowest BCUT2D eigenvalue weighted by Crippen LogP contribution is -2.22. The molecule has 0 aliphatic heterocycles. The zero-order valence-corrected chi connectivity index (χ0v) is 11.2. The standard InChI is InChI=1S/C14H21ClN2/c1-3-5-6-7-14(17-9-4-2)12-8-10-16-11-13(12)15/h3,8,10-11,14,17H,1,4-7,9H2,2H3. The molecule has 0 saturated carbocycles. The van der Waals surface area contributed by atoms with Gasteiger partial charge in [-0.05, 0) is 43.9 Å². The van der Waals surface area contributed by atoms with Crippen molar-refractivity contribution in [3.05, 3.63) is 41.7 Å². The molecule has 0 saturated heterocycles. The van der Waals surface area contributed by atoms with Crippen LogP contribution in [0, 0.1) is 0 Å². The van der Waals surface area contributed by atoms with Crippen LogP contribution in [-0.4, -0.2) is 11.5 Å². The number of allylic oxidation sites excluding steroid dienone is 1. The van der Waals surface area contributed by atoms with Crippen molar-refractivity contribution in [1.82, 2.24) is 10.3 Å². The summed E-state index contributed by atoms with van der Waals surface area (Å²) < 4.78 is 0. The Balaban J connectivity index is 2.67. The van der Waals surface area contributed by atoms with Gasteiger partial charge in [0, 0.05) is 18.4 Å². The summed E-state index contributed by atoms with van der Waals surface area (Å²) >= 11 is 6.19. The Labute approximate surface area is 109 Å². The van der Waals surface area contributed by atoms with E-state index in [0.29, 0.717) is 6.04 Å². The molecule has 0 amide bonds. The maximum Gasteiger partial charge on any atom is 0.0637 e. The van der Waals surface area contributed by atoms with E-state index in [1.807, 2.05) is 12.1 Å². The van der Waals surface area contributed by atoms with Crippen molar-refractivity contribution in [2.75, 3.05) is 6.54 Å². The molecule has 2 nitrogen and oxygen atoms in total. The van der Waals surface area contributed by atoms with Gasteiger partial charge in [0.1, 0.15) is 0 Å². The van der Waals surface area contributed by atoms with E-state index < -0.39 is 0 Å². The molecule has 0 aromatic carbocycles. The summed E-state index contributed by atoms with van der Waals surface area (Å²) in [6.07, 6.45) is 9.86. The zero-order chi connectivity index (χ0) is 12.5. The van der Waals surface area contributed by atoms with Crippen LogP contribution >= 0.6 is 11.6 Å². The molecule has 0 spiro atoms. The van der Waals surface area contributed by atoms with Gasteiger partial charge < -0.3 is 5.32 Å². The van der Waals surface area contributed by atoms with Crippen molar-refractivity contribution in [3.63, 3.8) is 0 Å². The quantitative estimate of drug-likeness (QED) is 0.556. The van der Waals surface area contributed by atoms with E-state index >= 15 is 0 Å². The first-order valence-electron chi connectivity index (χ1n) is 6.23. The molecule has 1 unspecified atom stereocenters. The van der Waals surface area contributed by atoms with Crippen molar-refractivity contribution < 1.29 is 0 Å². The Morgan fingerprint density at radius 1 is 1.59 bits per heavy atom. The monoisotopic (exact) mass is 252 g/mol. The fraction of sp³-hybridized carbons (Fsp3) is 0.500. The van der Waals surface area contributed by atoms with E-state index in [1.165, 1.54) is 0 Å². The molecule has 0 aliphatic carbocycles. The number of hydrogen-bond acceptors (Lipinski definition) is 2. The van der Waals surface area contributed by atoms with Crippen LogP contribution in [0.2, 0.25) is 5.02 Å². The van der Waals surface area contributed by atoms with Crippen LogP contribution in [0.5, 0.6) is 0 Å². The summed E-state index contributed by atoms with van der Waals surface area (Å²) in [5, 5.41) is 4.29. The minimum atomic E-state index is 0.324. The normalized spacial score (nSPS) is 12.4. The van der Waals surface area contributed by atoms with Crippen LogP contribution in [0.15, 0.2) is 31.1 Å². The number of halogens is 1. The van der Waals surface area contributed by atoms with E-state index in [0.717, 1.165) is 42.8 Å². The molecule has 1 atom stereocenters. The molecule has 3 heteroatoms. The molecule has 0 bridgehead atoms. The van der Waals surface area contributed by atoms with Crippen molar-refractivity contribution in [1.29, 1.82) is 0 Å². The second-order valence-electron chi connectivity index (χ2n) is 4.12. The molecule has 1 N–H and O–H groups in total. The molecular formula is C14H21ClN2. The lowest BCUT2D eigenvalue weighted by Gasteiger charge is -2.19. The van der Waals surface area contributed by atoms with Crippen LogP contribution in [0.3, 0.4) is 0 Å². The molecule has 17 heavy (non-hydrogen) atoms. The van der Waals surface area contributed by atoms with Gasteiger partial charge in [-0.3, -0.25) is 4.98 Å². The predicted molar refractivity (Wildman–Crippen MR) is 74.3 cm³/mol. The first kappa shape index (κ1) is 14.2. The highest BCUT2D eigenvalue weighted by atomic mass is 35.5. The van der Waals surface area contributed by atoms with Gasteiger partial charge in [-0.2, -0.15) is 0 Å². The van der Waals surface area contributed by atoms with Gasteiger partial charge >= 0.3 is 0 Å². The van der Waals surface area contributed by atoms with Crippen molar-refractivity contribution in [3.8, 4) is 0 Å². The molecule has 1 aromatic rings. The van der Waals surface area contributed by atoms with Crippen molar-refractivity contribution in [2.24, 2.45) is 0 Å². The van der Waals surface area contributed by atoms with Gasteiger partial charge in [0.15, 0.2) is 0 Å². The van der Waals surface area contributed by atoms with Gasteiger partial charge in [0.05, 0.1) is 5.02 Å². The highest BCUT2D eigenvalue weighted by molar-refractivity contribution is 6.31. The summed E-state index contributed by atoms with van der Waals surface area (Å²) in [6, 6.07) is 2.33. The topological polar surface area (TPSA) is 24.9 Å². The van der Waals surface area contributed by atoms with Crippen molar-refractivity contribution >= 4 is 11.6 Å². The lowest BCUT2D eigenvalue weighted by molar-refractivity contribution is 0.486. The lowest BCUT2D eigenvalue weighted by atomic mass is 10.0. The van der Waals surface area contributed by atoms with E-state index in [-0.39, 0.29) is 0 Å². The maximum absolute atomic E-state index is 6.19. The SMILES string of the molecule is C=CCCCC(NCCC)c1ccncc1Cl. The summed E-state index contributed by atoms with van der Waals surface area (Å²) in [7, 11) is 0. The fourth-order valence-corrected chi connectivity index (χ4v) is 2.07. The van der Waals surface area contributed by atoms with Crippen LogP contribution < -0.4 is 5.32 Å². The first-order valence-corrected chi connectivity index (χ1v) is 6.61. The minimum Gasteiger partial charge on any atom is -0.310 e. The van der Waals surface area contributed by atoms with E-state index in [1.54, 1.807) is 12.4 Å². The van der Waals surface area contributed by atoms with Gasteiger partial charge in [0.2, 0.25) is 0 Å². The third kappa shape index (κ3) is 4.88. The minimum absolute atomic E-state index is 0.324. The van der Waals surface area contributed by atoms with Crippen molar-refractivity contribution in [2.45, 2.75) is 38.6 Å². The summed E-state index contributed by atoms with van der Waals surface area (Å²) in [5.74, 6) is 0. The fourth-order valence-electron chi connectivity index (χ4n) is 1.82. The third-order valence-corrected chi connectivity index (χ3v) is 3.04. The smallest absolute Gasteiger partial charge is 0.0637 e. The molecular weight excluding hydrogens is 232 g/mol. The number of nitrogens with zero attached hydrogens (tertiary/aromatic N) is 1. The highest BCUT2D eigenvalue weighted by Crippen LogP contribution is 2.25. The molecule has 0 radical (unpaired) electrons. The Hall–Kier alpha value is -0.860. The Kier molecular flexibility index (Phi) is 6.90.